The maximum absolute atomic E-state index is 12.0. The third kappa shape index (κ3) is 7.94. The van der Waals surface area contributed by atoms with Gasteiger partial charge in [-0.1, -0.05) is 23.7 Å². The molecule has 10 nitrogen and oxygen atoms in total. The summed E-state index contributed by atoms with van der Waals surface area (Å²) in [5, 5.41) is 15.5. The lowest BCUT2D eigenvalue weighted by Crippen LogP contribution is -2.35. The molecule has 0 saturated carbocycles. The van der Waals surface area contributed by atoms with Gasteiger partial charge < -0.3 is 20.1 Å². The second-order valence-corrected chi connectivity index (χ2v) is 6.69. The summed E-state index contributed by atoms with van der Waals surface area (Å²) in [6.45, 7) is 1.36. The Balaban J connectivity index is 1.66. The maximum Gasteiger partial charge on any atom is 0.325 e. The largest absolute Gasteiger partial charge is 0.492 e. The summed E-state index contributed by atoms with van der Waals surface area (Å²) in [6.07, 6.45) is 0. The van der Waals surface area contributed by atoms with Crippen LogP contribution in [0.15, 0.2) is 42.5 Å². The van der Waals surface area contributed by atoms with Crippen molar-refractivity contribution in [1.29, 1.82) is 0 Å². The van der Waals surface area contributed by atoms with Gasteiger partial charge in [0, 0.05) is 11.6 Å². The molecule has 11 heteroatoms. The van der Waals surface area contributed by atoms with Crippen molar-refractivity contribution in [3.05, 3.63) is 68.7 Å². The van der Waals surface area contributed by atoms with Crippen molar-refractivity contribution in [3.8, 4) is 5.75 Å². The Labute approximate surface area is 182 Å². The molecule has 0 bridgehead atoms. The quantitative estimate of drug-likeness (QED) is 0.245. The number of hydrogen-bond acceptors (Lipinski definition) is 7. The van der Waals surface area contributed by atoms with E-state index in [1.807, 2.05) is 25.1 Å². The van der Waals surface area contributed by atoms with E-state index >= 15 is 0 Å². The van der Waals surface area contributed by atoms with E-state index in [4.69, 9.17) is 21.1 Å². The number of esters is 1. The molecule has 2 aromatic rings. The molecule has 0 spiro atoms. The summed E-state index contributed by atoms with van der Waals surface area (Å²) < 4.78 is 10.2. The van der Waals surface area contributed by atoms with Gasteiger partial charge in [0.1, 0.15) is 23.9 Å². The third-order valence-electron chi connectivity index (χ3n) is 3.85. The molecule has 2 amide bonds. The number of benzene rings is 2. The summed E-state index contributed by atoms with van der Waals surface area (Å²) in [4.78, 5) is 45.5. The normalized spacial score (nSPS) is 10.1. The third-order valence-corrected chi connectivity index (χ3v) is 4.16. The predicted octanol–water partition coefficient (Wildman–Crippen LogP) is 2.02. The first-order valence-electron chi connectivity index (χ1n) is 9.10. The van der Waals surface area contributed by atoms with Crippen LogP contribution in [0.5, 0.6) is 5.75 Å². The van der Waals surface area contributed by atoms with Gasteiger partial charge in [0.2, 0.25) is 0 Å². The number of nitro groups is 1. The number of nitro benzene ring substituents is 1. The smallest absolute Gasteiger partial charge is 0.325 e. The number of nitrogens with zero attached hydrogens (tertiary/aromatic N) is 1. The van der Waals surface area contributed by atoms with E-state index in [2.05, 4.69) is 10.6 Å². The van der Waals surface area contributed by atoms with E-state index in [9.17, 15) is 24.5 Å². The van der Waals surface area contributed by atoms with Gasteiger partial charge in [0.05, 0.1) is 11.5 Å². The second kappa shape index (κ2) is 11.5. The molecule has 0 radical (unpaired) electrons. The van der Waals surface area contributed by atoms with Crippen molar-refractivity contribution in [2.45, 2.75) is 6.92 Å². The molecular formula is C20H20ClN3O7. The minimum atomic E-state index is -0.844. The molecule has 0 unspecified atom stereocenters. The van der Waals surface area contributed by atoms with Crippen molar-refractivity contribution in [2.75, 3.05) is 26.3 Å². The van der Waals surface area contributed by atoms with Crippen molar-refractivity contribution >= 4 is 35.1 Å². The minimum absolute atomic E-state index is 0.0461. The average Bonchev–Trinajstić information content (AvgIpc) is 2.73. The van der Waals surface area contributed by atoms with Gasteiger partial charge in [0.25, 0.3) is 17.5 Å². The second-order valence-electron chi connectivity index (χ2n) is 6.28. The van der Waals surface area contributed by atoms with Crippen LogP contribution in [0.25, 0.3) is 0 Å². The number of carbonyl (C=O) groups excluding carboxylic acids is 3. The lowest BCUT2D eigenvalue weighted by Gasteiger charge is -2.09. The van der Waals surface area contributed by atoms with Crippen LogP contribution in [-0.4, -0.2) is 49.0 Å². The van der Waals surface area contributed by atoms with E-state index < -0.39 is 41.5 Å². The van der Waals surface area contributed by atoms with Gasteiger partial charge in [-0.15, -0.1) is 0 Å². The van der Waals surface area contributed by atoms with Gasteiger partial charge >= 0.3 is 5.97 Å². The molecule has 0 atom stereocenters. The highest BCUT2D eigenvalue weighted by Gasteiger charge is 2.17. The zero-order valence-electron chi connectivity index (χ0n) is 16.6. The molecule has 0 aliphatic heterocycles. The lowest BCUT2D eigenvalue weighted by molar-refractivity contribution is -0.384. The van der Waals surface area contributed by atoms with Crippen LogP contribution in [0, 0.1) is 17.0 Å². The van der Waals surface area contributed by atoms with E-state index in [1.165, 1.54) is 12.1 Å². The molecule has 2 aromatic carbocycles. The summed E-state index contributed by atoms with van der Waals surface area (Å²) in [6, 6.07) is 10.9. The molecule has 2 rings (SSSR count). The highest BCUT2D eigenvalue weighted by Crippen LogP contribution is 2.24. The summed E-state index contributed by atoms with van der Waals surface area (Å²) in [5.74, 6) is -1.42. The number of aryl methyl sites for hydroxylation is 1. The molecular weight excluding hydrogens is 430 g/mol. The van der Waals surface area contributed by atoms with E-state index in [0.717, 1.165) is 11.6 Å². The Bertz CT molecular complexity index is 981. The molecule has 0 heterocycles. The molecule has 31 heavy (non-hydrogen) atoms. The van der Waals surface area contributed by atoms with Crippen molar-refractivity contribution < 1.29 is 28.8 Å². The molecule has 0 fully saturated rings. The fraction of sp³-hybridized carbons (Fsp3) is 0.250. The van der Waals surface area contributed by atoms with Gasteiger partial charge in [-0.25, -0.2) is 0 Å². The standard InChI is InChI=1S/C20H20ClN3O7/c1-13-3-2-4-15(9-13)30-8-7-22-18(25)12-31-19(26)11-23-20(27)14-5-6-16(21)17(10-14)24(28)29/h2-6,9-10H,7-8,11-12H2,1H3,(H,22,25)(H,23,27). The highest BCUT2D eigenvalue weighted by molar-refractivity contribution is 6.32. The average molecular weight is 450 g/mol. The SMILES string of the molecule is Cc1cccc(OCCNC(=O)COC(=O)CNC(=O)c2ccc(Cl)c([N+](=O)[O-])c2)c1. The van der Waals surface area contributed by atoms with Crippen LogP contribution in [-0.2, 0) is 14.3 Å². The monoisotopic (exact) mass is 449 g/mol. The Morgan fingerprint density at radius 3 is 2.61 bits per heavy atom. The van der Waals surface area contributed by atoms with Crippen LogP contribution < -0.4 is 15.4 Å². The first kappa shape index (κ1) is 23.6. The first-order chi connectivity index (χ1) is 14.8. The molecule has 0 aromatic heterocycles. The van der Waals surface area contributed by atoms with E-state index in [0.29, 0.717) is 5.75 Å². The number of hydrogen-bond donors (Lipinski definition) is 2. The van der Waals surface area contributed by atoms with Crippen LogP contribution in [0.3, 0.4) is 0 Å². The zero-order valence-corrected chi connectivity index (χ0v) is 17.3. The lowest BCUT2D eigenvalue weighted by atomic mass is 10.2. The van der Waals surface area contributed by atoms with Crippen LogP contribution in [0.4, 0.5) is 5.69 Å². The highest BCUT2D eigenvalue weighted by atomic mass is 35.5. The van der Waals surface area contributed by atoms with Crippen molar-refractivity contribution in [3.63, 3.8) is 0 Å². The number of ether oxygens (including phenoxy) is 2. The molecule has 0 aliphatic rings. The van der Waals surface area contributed by atoms with Crippen molar-refractivity contribution in [1.82, 2.24) is 10.6 Å². The van der Waals surface area contributed by atoms with Gasteiger partial charge in [-0.05, 0) is 36.8 Å². The maximum atomic E-state index is 12.0. The Kier molecular flexibility index (Phi) is 8.77. The number of halogens is 1. The zero-order chi connectivity index (χ0) is 22.8. The Morgan fingerprint density at radius 1 is 1.13 bits per heavy atom. The number of amides is 2. The Morgan fingerprint density at radius 2 is 1.90 bits per heavy atom. The summed E-state index contributed by atoms with van der Waals surface area (Å²) >= 11 is 5.68. The van der Waals surface area contributed by atoms with Crippen molar-refractivity contribution in [2.24, 2.45) is 0 Å². The van der Waals surface area contributed by atoms with Gasteiger partial charge in [-0.2, -0.15) is 0 Å². The minimum Gasteiger partial charge on any atom is -0.492 e. The topological polar surface area (TPSA) is 137 Å². The molecule has 164 valence electrons. The Hall–Kier alpha value is -3.66. The van der Waals surface area contributed by atoms with Crippen LogP contribution in [0.2, 0.25) is 5.02 Å². The van der Waals surface area contributed by atoms with E-state index in [1.54, 1.807) is 6.07 Å². The van der Waals surface area contributed by atoms with Crippen LogP contribution in [0.1, 0.15) is 15.9 Å². The molecule has 0 aliphatic carbocycles. The first-order valence-corrected chi connectivity index (χ1v) is 9.48. The molecule has 0 saturated heterocycles. The van der Waals surface area contributed by atoms with Gasteiger partial charge in [-0.3, -0.25) is 24.5 Å². The predicted molar refractivity (Wildman–Crippen MR) is 111 cm³/mol. The summed E-state index contributed by atoms with van der Waals surface area (Å²) in [7, 11) is 0. The van der Waals surface area contributed by atoms with Crippen LogP contribution >= 0.6 is 11.6 Å². The molecule has 2 N–H and O–H groups in total. The fourth-order valence-electron chi connectivity index (χ4n) is 2.36. The number of rotatable bonds is 10. The fourth-order valence-corrected chi connectivity index (χ4v) is 2.55. The summed E-state index contributed by atoms with van der Waals surface area (Å²) in [5.41, 5.74) is 0.574. The number of carbonyl (C=O) groups is 3. The number of nitrogens with one attached hydrogen (secondary N) is 2. The van der Waals surface area contributed by atoms with E-state index in [-0.39, 0.29) is 23.7 Å². The van der Waals surface area contributed by atoms with Gasteiger partial charge in [0.15, 0.2) is 6.61 Å².